The summed E-state index contributed by atoms with van der Waals surface area (Å²) in [6, 6.07) is 3.91. The Labute approximate surface area is 118 Å². The van der Waals surface area contributed by atoms with Gasteiger partial charge in [0.2, 0.25) is 0 Å². The maximum atomic E-state index is 11.5. The predicted molar refractivity (Wildman–Crippen MR) is 79.0 cm³/mol. The highest BCUT2D eigenvalue weighted by Gasteiger charge is 2.13. The molecule has 2 N–H and O–H groups in total. The van der Waals surface area contributed by atoms with E-state index in [0.717, 1.165) is 13.0 Å². The lowest BCUT2D eigenvalue weighted by molar-refractivity contribution is 0.356. The Kier molecular flexibility index (Phi) is 4.39. The maximum absolute atomic E-state index is 11.5. The highest BCUT2D eigenvalue weighted by atomic mass is 16.2. The van der Waals surface area contributed by atoms with E-state index in [2.05, 4.69) is 39.4 Å². The summed E-state index contributed by atoms with van der Waals surface area (Å²) in [5, 5.41) is 13.9. The molecule has 0 aliphatic heterocycles. The molecule has 2 aromatic heterocycles. The second-order valence-electron chi connectivity index (χ2n) is 5.75. The van der Waals surface area contributed by atoms with Crippen LogP contribution in [-0.2, 0) is 0 Å². The lowest BCUT2D eigenvalue weighted by atomic mass is 10.0. The van der Waals surface area contributed by atoms with Crippen molar-refractivity contribution in [3.63, 3.8) is 0 Å². The van der Waals surface area contributed by atoms with Crippen molar-refractivity contribution in [2.24, 2.45) is 5.92 Å². The molecule has 2 rings (SSSR count). The Bertz CT molecular complexity index is 605. The lowest BCUT2D eigenvalue weighted by Gasteiger charge is -2.24. The minimum Gasteiger partial charge on any atom is -0.365 e. The molecule has 2 heterocycles. The molecule has 0 fully saturated rings. The number of H-pyrrole nitrogens is 1. The molecule has 20 heavy (non-hydrogen) atoms. The Balaban J connectivity index is 2.18. The molecule has 0 bridgehead atoms. The van der Waals surface area contributed by atoms with E-state index in [1.807, 2.05) is 20.2 Å². The maximum Gasteiger partial charge on any atom is 0.364 e. The third-order valence-electron chi connectivity index (χ3n) is 2.97. The van der Waals surface area contributed by atoms with Crippen LogP contribution in [0.4, 0.5) is 5.82 Å². The number of hydrogen-bond donors (Lipinski definition) is 2. The molecule has 0 aromatic carbocycles. The average Bonchev–Trinajstić information content (AvgIpc) is 2.69. The van der Waals surface area contributed by atoms with Crippen molar-refractivity contribution < 1.29 is 0 Å². The van der Waals surface area contributed by atoms with Crippen molar-refractivity contribution in [3.8, 4) is 0 Å². The van der Waals surface area contributed by atoms with E-state index in [1.165, 1.54) is 4.52 Å². The highest BCUT2D eigenvalue weighted by molar-refractivity contribution is 5.43. The van der Waals surface area contributed by atoms with Crippen molar-refractivity contribution in [1.82, 2.24) is 24.7 Å². The first-order valence-corrected chi connectivity index (χ1v) is 6.81. The minimum absolute atomic E-state index is 0.289. The number of fused-ring (bicyclic) bond motifs is 1. The van der Waals surface area contributed by atoms with Crippen molar-refractivity contribution in [1.29, 1.82) is 0 Å². The number of anilines is 1. The van der Waals surface area contributed by atoms with Gasteiger partial charge in [-0.25, -0.2) is 9.89 Å². The highest BCUT2D eigenvalue weighted by Crippen LogP contribution is 2.12. The fourth-order valence-corrected chi connectivity index (χ4v) is 2.28. The average molecular weight is 278 g/mol. The summed E-state index contributed by atoms with van der Waals surface area (Å²) in [4.78, 5) is 13.7. The van der Waals surface area contributed by atoms with Crippen LogP contribution < -0.4 is 11.0 Å². The molecule has 0 spiro atoms. The Morgan fingerprint density at radius 1 is 1.40 bits per heavy atom. The van der Waals surface area contributed by atoms with Crippen LogP contribution in [0.3, 0.4) is 0 Å². The molecule has 0 aliphatic rings. The van der Waals surface area contributed by atoms with Crippen LogP contribution in [0.25, 0.3) is 5.65 Å². The van der Waals surface area contributed by atoms with Gasteiger partial charge in [-0.05, 0) is 38.6 Å². The summed E-state index contributed by atoms with van der Waals surface area (Å²) in [5.41, 5.74) is 0.199. The SMILES string of the molecule is CC(C)CC(CN(C)C)Nc1ccc2n[nH]c(=O)n2n1. The predicted octanol–water partition coefficient (Wildman–Crippen LogP) is 0.806. The molecular weight excluding hydrogens is 256 g/mol. The zero-order chi connectivity index (χ0) is 14.7. The summed E-state index contributed by atoms with van der Waals surface area (Å²) >= 11 is 0. The molecule has 1 atom stereocenters. The smallest absolute Gasteiger partial charge is 0.364 e. The van der Waals surface area contributed by atoms with Gasteiger partial charge in [-0.15, -0.1) is 5.10 Å². The van der Waals surface area contributed by atoms with Crippen LogP contribution in [0.1, 0.15) is 20.3 Å². The quantitative estimate of drug-likeness (QED) is 0.817. The van der Waals surface area contributed by atoms with Crippen LogP contribution >= 0.6 is 0 Å². The Hall–Kier alpha value is -1.89. The van der Waals surface area contributed by atoms with Gasteiger partial charge in [0.25, 0.3) is 0 Å². The second kappa shape index (κ2) is 6.04. The van der Waals surface area contributed by atoms with Crippen molar-refractivity contribution in [2.45, 2.75) is 26.3 Å². The number of aromatic nitrogens is 4. The van der Waals surface area contributed by atoms with Gasteiger partial charge in [0.05, 0.1) is 0 Å². The van der Waals surface area contributed by atoms with E-state index in [0.29, 0.717) is 17.4 Å². The van der Waals surface area contributed by atoms with E-state index in [1.54, 1.807) is 6.07 Å². The van der Waals surface area contributed by atoms with Gasteiger partial charge in [-0.1, -0.05) is 13.8 Å². The van der Waals surface area contributed by atoms with Crippen molar-refractivity contribution >= 4 is 11.5 Å². The number of nitrogens with one attached hydrogen (secondary N) is 2. The minimum atomic E-state index is -0.323. The van der Waals surface area contributed by atoms with Crippen LogP contribution in [0, 0.1) is 5.92 Å². The van der Waals surface area contributed by atoms with Gasteiger partial charge >= 0.3 is 5.69 Å². The second-order valence-corrected chi connectivity index (χ2v) is 5.75. The number of nitrogens with zero attached hydrogens (tertiary/aromatic N) is 4. The lowest BCUT2D eigenvalue weighted by Crippen LogP contribution is -2.34. The zero-order valence-electron chi connectivity index (χ0n) is 12.4. The number of likely N-dealkylation sites (N-methyl/N-ethyl adjacent to an activating group) is 1. The van der Waals surface area contributed by atoms with E-state index in [9.17, 15) is 4.79 Å². The monoisotopic (exact) mass is 278 g/mol. The fourth-order valence-electron chi connectivity index (χ4n) is 2.28. The first-order valence-electron chi connectivity index (χ1n) is 6.81. The number of hydrogen-bond acceptors (Lipinski definition) is 5. The molecular formula is C13H22N6O. The van der Waals surface area contributed by atoms with E-state index in [4.69, 9.17) is 0 Å². The van der Waals surface area contributed by atoms with Crippen LogP contribution in [0.5, 0.6) is 0 Å². The first-order chi connectivity index (χ1) is 9.45. The van der Waals surface area contributed by atoms with Gasteiger partial charge in [0.15, 0.2) is 5.65 Å². The summed E-state index contributed by atoms with van der Waals surface area (Å²) < 4.78 is 1.27. The third kappa shape index (κ3) is 3.57. The molecule has 0 aliphatic carbocycles. The molecule has 0 saturated carbocycles. The van der Waals surface area contributed by atoms with Gasteiger partial charge in [0.1, 0.15) is 5.82 Å². The van der Waals surface area contributed by atoms with Crippen LogP contribution in [0.2, 0.25) is 0 Å². The molecule has 1 unspecified atom stereocenters. The van der Waals surface area contributed by atoms with E-state index < -0.39 is 0 Å². The summed E-state index contributed by atoms with van der Waals surface area (Å²) in [5.74, 6) is 1.28. The Morgan fingerprint density at radius 3 is 2.80 bits per heavy atom. The van der Waals surface area contributed by atoms with Gasteiger partial charge in [0, 0.05) is 12.6 Å². The van der Waals surface area contributed by atoms with E-state index >= 15 is 0 Å². The standard InChI is InChI=1S/C13H22N6O/c1-9(2)7-10(8-18(3)4)14-11-5-6-12-15-16-13(20)19(12)17-11/h5-6,9-10H,7-8H2,1-4H3,(H,14,17)(H,16,20). The summed E-state index contributed by atoms with van der Waals surface area (Å²) in [7, 11) is 4.10. The summed E-state index contributed by atoms with van der Waals surface area (Å²) in [6.07, 6.45) is 1.04. The zero-order valence-corrected chi connectivity index (χ0v) is 12.4. The number of rotatable bonds is 6. The van der Waals surface area contributed by atoms with Gasteiger partial charge in [-0.2, -0.15) is 9.61 Å². The van der Waals surface area contributed by atoms with Gasteiger partial charge in [-0.3, -0.25) is 0 Å². The molecule has 110 valence electrons. The van der Waals surface area contributed by atoms with Crippen LogP contribution in [0.15, 0.2) is 16.9 Å². The van der Waals surface area contributed by atoms with E-state index in [-0.39, 0.29) is 11.7 Å². The molecule has 7 heteroatoms. The largest absolute Gasteiger partial charge is 0.365 e. The third-order valence-corrected chi connectivity index (χ3v) is 2.97. The first kappa shape index (κ1) is 14.5. The fraction of sp³-hybridized carbons (Fsp3) is 0.615. The molecule has 0 saturated heterocycles. The topological polar surface area (TPSA) is 78.3 Å². The Morgan fingerprint density at radius 2 is 2.15 bits per heavy atom. The van der Waals surface area contributed by atoms with Gasteiger partial charge < -0.3 is 10.2 Å². The molecule has 7 nitrogen and oxygen atoms in total. The molecule has 0 radical (unpaired) electrons. The normalized spacial score (nSPS) is 13.3. The molecule has 2 aromatic rings. The molecule has 0 amide bonds. The number of aromatic amines is 1. The van der Waals surface area contributed by atoms with Crippen molar-refractivity contribution in [3.05, 3.63) is 22.6 Å². The van der Waals surface area contributed by atoms with Crippen molar-refractivity contribution in [2.75, 3.05) is 26.0 Å². The van der Waals surface area contributed by atoms with Crippen LogP contribution in [-0.4, -0.2) is 51.4 Å². The summed E-state index contributed by atoms with van der Waals surface area (Å²) in [6.45, 7) is 5.31.